The molecule has 1 amide bonds. The fourth-order valence-electron chi connectivity index (χ4n) is 2.56. The van der Waals surface area contributed by atoms with Crippen molar-refractivity contribution in [1.29, 1.82) is 0 Å². The molecule has 0 heterocycles. The quantitative estimate of drug-likeness (QED) is 0.882. The van der Waals surface area contributed by atoms with E-state index >= 15 is 0 Å². The van der Waals surface area contributed by atoms with E-state index in [0.29, 0.717) is 5.56 Å². The number of hydrogen-bond donors (Lipinski definition) is 2. The van der Waals surface area contributed by atoms with E-state index in [1.807, 2.05) is 0 Å². The lowest BCUT2D eigenvalue weighted by Crippen LogP contribution is -2.27. The van der Waals surface area contributed by atoms with Gasteiger partial charge in [0.2, 0.25) is 5.91 Å². The van der Waals surface area contributed by atoms with Gasteiger partial charge in [0.25, 0.3) is 0 Å². The molecule has 1 aromatic carbocycles. The van der Waals surface area contributed by atoms with Crippen molar-refractivity contribution < 1.29 is 19.1 Å². The Hall–Kier alpha value is -1.43. The summed E-state index contributed by atoms with van der Waals surface area (Å²) in [7, 11) is 0. The van der Waals surface area contributed by atoms with Gasteiger partial charge in [-0.2, -0.15) is 0 Å². The molecule has 1 fully saturated rings. The van der Waals surface area contributed by atoms with Crippen molar-refractivity contribution in [3.63, 3.8) is 0 Å². The molecule has 1 aliphatic carbocycles. The number of benzene rings is 1. The smallest absolute Gasteiger partial charge is 0.307 e. The highest BCUT2D eigenvalue weighted by atomic mass is 79.9. The highest BCUT2D eigenvalue weighted by Crippen LogP contribution is 2.58. The fraction of sp³-hybridized carbons (Fsp3) is 0.429. The van der Waals surface area contributed by atoms with Gasteiger partial charge in [0.05, 0.1) is 11.8 Å². The van der Waals surface area contributed by atoms with Crippen molar-refractivity contribution in [3.05, 3.63) is 34.1 Å². The molecule has 1 aromatic rings. The van der Waals surface area contributed by atoms with Gasteiger partial charge < -0.3 is 10.4 Å². The Morgan fingerprint density at radius 3 is 2.60 bits per heavy atom. The summed E-state index contributed by atoms with van der Waals surface area (Å²) in [5, 5.41) is 11.6. The number of aliphatic carboxylic acids is 1. The number of carbonyl (C=O) groups is 2. The molecule has 1 saturated carbocycles. The molecule has 2 atom stereocenters. The van der Waals surface area contributed by atoms with E-state index in [4.69, 9.17) is 5.11 Å². The van der Waals surface area contributed by atoms with E-state index in [2.05, 4.69) is 21.2 Å². The molecule has 2 N–H and O–H groups in total. The van der Waals surface area contributed by atoms with E-state index < -0.39 is 29.0 Å². The Bertz CT molecular complexity index is 574. The number of hydrogen-bond acceptors (Lipinski definition) is 2. The van der Waals surface area contributed by atoms with Crippen LogP contribution in [-0.4, -0.2) is 17.0 Å². The number of carboxylic acid groups (broad SMARTS) is 1. The molecule has 108 valence electrons. The van der Waals surface area contributed by atoms with Gasteiger partial charge in [-0.25, -0.2) is 4.39 Å². The first-order valence-electron chi connectivity index (χ1n) is 6.19. The standard InChI is InChI=1S/C14H15BrFNO3/c1-14(2)10(11(14)13(19)20)12(18)17-6-7-5-8(15)3-4-9(7)16/h3-5,10-11H,6H2,1-2H3,(H,17,18)(H,19,20)/t10-,11+/m1/s1. The SMILES string of the molecule is CC1(C)[C@H](C(=O)O)[C@@H]1C(=O)NCc1cc(Br)ccc1F. The summed E-state index contributed by atoms with van der Waals surface area (Å²) in [6.07, 6.45) is 0. The zero-order chi connectivity index (χ0) is 15.1. The van der Waals surface area contributed by atoms with Crippen LogP contribution in [0.3, 0.4) is 0 Å². The van der Waals surface area contributed by atoms with Crippen molar-refractivity contribution >= 4 is 27.8 Å². The van der Waals surface area contributed by atoms with Crippen LogP contribution in [0.5, 0.6) is 0 Å². The average Bonchev–Trinajstić information content (AvgIpc) is 2.93. The third-order valence-electron chi connectivity index (χ3n) is 3.84. The summed E-state index contributed by atoms with van der Waals surface area (Å²) < 4.78 is 14.2. The maximum atomic E-state index is 13.5. The van der Waals surface area contributed by atoms with E-state index in [1.165, 1.54) is 6.07 Å². The normalized spacial score (nSPS) is 23.2. The second-order valence-electron chi connectivity index (χ2n) is 5.57. The van der Waals surface area contributed by atoms with Gasteiger partial charge >= 0.3 is 5.97 Å². The summed E-state index contributed by atoms with van der Waals surface area (Å²) in [4.78, 5) is 23.0. The van der Waals surface area contributed by atoms with Gasteiger partial charge in [0.15, 0.2) is 0 Å². The lowest BCUT2D eigenvalue weighted by molar-refractivity contribution is -0.140. The Kier molecular flexibility index (Phi) is 3.86. The Morgan fingerprint density at radius 2 is 2.05 bits per heavy atom. The largest absolute Gasteiger partial charge is 0.481 e. The lowest BCUT2D eigenvalue weighted by Gasteiger charge is -2.07. The van der Waals surface area contributed by atoms with E-state index in [1.54, 1.807) is 26.0 Å². The predicted molar refractivity (Wildman–Crippen MR) is 74.3 cm³/mol. The highest BCUT2D eigenvalue weighted by molar-refractivity contribution is 9.10. The molecule has 20 heavy (non-hydrogen) atoms. The number of halogens is 2. The maximum Gasteiger partial charge on any atom is 0.307 e. The average molecular weight is 344 g/mol. The first-order valence-corrected chi connectivity index (χ1v) is 6.99. The van der Waals surface area contributed by atoms with E-state index in [0.717, 1.165) is 4.47 Å². The van der Waals surface area contributed by atoms with Crippen molar-refractivity contribution in [2.45, 2.75) is 20.4 Å². The molecule has 0 aliphatic heterocycles. The van der Waals surface area contributed by atoms with Crippen LogP contribution in [0, 0.1) is 23.1 Å². The van der Waals surface area contributed by atoms with Crippen LogP contribution in [0.2, 0.25) is 0 Å². The van der Waals surface area contributed by atoms with Crippen molar-refractivity contribution in [2.24, 2.45) is 17.3 Å². The number of amides is 1. The summed E-state index contributed by atoms with van der Waals surface area (Å²) in [5.41, 5.74) is -0.191. The van der Waals surface area contributed by atoms with Crippen LogP contribution in [-0.2, 0) is 16.1 Å². The molecule has 4 nitrogen and oxygen atoms in total. The Balaban J connectivity index is 2.00. The monoisotopic (exact) mass is 343 g/mol. The summed E-state index contributed by atoms with van der Waals surface area (Å²) in [5.74, 6) is -2.95. The third-order valence-corrected chi connectivity index (χ3v) is 4.33. The second kappa shape index (κ2) is 5.16. The predicted octanol–water partition coefficient (Wildman–Crippen LogP) is 2.56. The number of carboxylic acids is 1. The van der Waals surface area contributed by atoms with Crippen molar-refractivity contribution in [3.8, 4) is 0 Å². The molecule has 2 rings (SSSR count). The molecule has 6 heteroatoms. The second-order valence-corrected chi connectivity index (χ2v) is 6.48. The van der Waals surface area contributed by atoms with Gasteiger partial charge in [0.1, 0.15) is 5.82 Å². The summed E-state index contributed by atoms with van der Waals surface area (Å²) in [6.45, 7) is 3.54. The highest BCUT2D eigenvalue weighted by Gasteiger charge is 2.65. The van der Waals surface area contributed by atoms with Crippen LogP contribution < -0.4 is 5.32 Å². The Morgan fingerprint density at radius 1 is 1.40 bits per heavy atom. The van der Waals surface area contributed by atoms with Gasteiger partial charge in [-0.05, 0) is 23.6 Å². The molecular formula is C14H15BrFNO3. The molecule has 0 aromatic heterocycles. The van der Waals surface area contributed by atoms with Crippen LogP contribution in [0.15, 0.2) is 22.7 Å². The van der Waals surface area contributed by atoms with Crippen molar-refractivity contribution in [2.75, 3.05) is 0 Å². The number of carbonyl (C=O) groups excluding carboxylic acids is 1. The van der Waals surface area contributed by atoms with Gasteiger partial charge in [0, 0.05) is 16.6 Å². The fourth-order valence-corrected chi connectivity index (χ4v) is 2.97. The molecular weight excluding hydrogens is 329 g/mol. The van der Waals surface area contributed by atoms with Crippen LogP contribution >= 0.6 is 15.9 Å². The first-order chi connectivity index (χ1) is 9.25. The van der Waals surface area contributed by atoms with Gasteiger partial charge in [-0.1, -0.05) is 29.8 Å². The molecule has 0 spiro atoms. The van der Waals surface area contributed by atoms with Crippen LogP contribution in [0.1, 0.15) is 19.4 Å². The molecule has 0 bridgehead atoms. The minimum absolute atomic E-state index is 0.0447. The van der Waals surface area contributed by atoms with E-state index in [9.17, 15) is 14.0 Å². The van der Waals surface area contributed by atoms with Gasteiger partial charge in [-0.15, -0.1) is 0 Å². The first kappa shape index (κ1) is 15.0. The number of rotatable bonds is 4. The van der Waals surface area contributed by atoms with E-state index in [-0.39, 0.29) is 12.5 Å². The zero-order valence-corrected chi connectivity index (χ0v) is 12.7. The maximum absolute atomic E-state index is 13.5. The lowest BCUT2D eigenvalue weighted by atomic mass is 10.1. The molecule has 0 saturated heterocycles. The Labute approximate surface area is 124 Å². The molecule has 0 radical (unpaired) electrons. The topological polar surface area (TPSA) is 66.4 Å². The number of nitrogens with one attached hydrogen (secondary N) is 1. The third kappa shape index (κ3) is 2.70. The summed E-state index contributed by atoms with van der Waals surface area (Å²) in [6, 6.07) is 4.47. The zero-order valence-electron chi connectivity index (χ0n) is 11.1. The van der Waals surface area contributed by atoms with Gasteiger partial charge in [-0.3, -0.25) is 9.59 Å². The minimum Gasteiger partial charge on any atom is -0.481 e. The minimum atomic E-state index is -0.969. The van der Waals surface area contributed by atoms with Crippen LogP contribution in [0.4, 0.5) is 4.39 Å². The van der Waals surface area contributed by atoms with Crippen LogP contribution in [0.25, 0.3) is 0 Å². The van der Waals surface area contributed by atoms with Crippen molar-refractivity contribution in [1.82, 2.24) is 5.32 Å². The molecule has 1 aliphatic rings. The molecule has 0 unspecified atom stereocenters. The summed E-state index contributed by atoms with van der Waals surface area (Å²) >= 11 is 3.23.